The zero-order valence-electron chi connectivity index (χ0n) is 13.9. The number of hydrogen-bond acceptors (Lipinski definition) is 5. The first-order valence-corrected chi connectivity index (χ1v) is 9.98. The second kappa shape index (κ2) is 8.14. The molecule has 0 N–H and O–H groups in total. The first-order chi connectivity index (χ1) is 11.8. The average Bonchev–Trinajstić information content (AvgIpc) is 2.99. The highest BCUT2D eigenvalue weighted by atomic mass is 35.5. The highest BCUT2D eigenvalue weighted by molar-refractivity contribution is 7.89. The summed E-state index contributed by atoms with van der Waals surface area (Å²) in [4.78, 5) is 12.7. The van der Waals surface area contributed by atoms with Gasteiger partial charge >= 0.3 is 5.97 Å². The van der Waals surface area contributed by atoms with Gasteiger partial charge in [0.25, 0.3) is 0 Å². The van der Waals surface area contributed by atoms with Crippen molar-refractivity contribution in [1.29, 1.82) is 0 Å². The summed E-state index contributed by atoms with van der Waals surface area (Å²) in [5.41, 5.74) is 0.578. The summed E-state index contributed by atoms with van der Waals surface area (Å²) in [6.07, 6.45) is 1.52. The quantitative estimate of drug-likeness (QED) is 0.523. The summed E-state index contributed by atoms with van der Waals surface area (Å²) in [7, 11) is -2.57. The van der Waals surface area contributed by atoms with E-state index in [0.717, 1.165) is 4.88 Å². The van der Waals surface area contributed by atoms with Crippen molar-refractivity contribution in [1.82, 2.24) is 4.31 Å². The number of nitrogens with zero attached hydrogens (tertiary/aromatic N) is 1. The van der Waals surface area contributed by atoms with Crippen molar-refractivity contribution >= 4 is 38.9 Å². The Hall–Kier alpha value is -1.67. The fourth-order valence-corrected chi connectivity index (χ4v) is 5.19. The Labute approximate surface area is 156 Å². The molecule has 0 radical (unpaired) electrons. The van der Waals surface area contributed by atoms with E-state index in [-0.39, 0.29) is 23.5 Å². The Balaban J connectivity index is 2.46. The van der Waals surface area contributed by atoms with Crippen LogP contribution in [0.4, 0.5) is 0 Å². The predicted octanol–water partition coefficient (Wildman–Crippen LogP) is 3.87. The van der Waals surface area contributed by atoms with E-state index >= 15 is 0 Å². The zero-order chi connectivity index (χ0) is 18.6. The van der Waals surface area contributed by atoms with Gasteiger partial charge in [0.2, 0.25) is 10.0 Å². The molecule has 0 atom stereocenters. The monoisotopic (exact) mass is 399 g/mol. The van der Waals surface area contributed by atoms with Crippen LogP contribution in [0.1, 0.15) is 20.8 Å². The number of carbonyl (C=O) groups excluding carboxylic acids is 1. The third kappa shape index (κ3) is 4.30. The van der Waals surface area contributed by atoms with Crippen LogP contribution in [0.2, 0.25) is 4.34 Å². The standard InChI is InChI=1S/C17H18ClNO4S2/c1-4-10-19(11-13-8-9-16(18)24-13)25(21,22)15-7-5-6-14(12(15)2)17(20)23-3/h4-9H,1,10-11H2,2-3H3. The smallest absolute Gasteiger partial charge is 0.338 e. The molecule has 25 heavy (non-hydrogen) atoms. The summed E-state index contributed by atoms with van der Waals surface area (Å²) in [5, 5.41) is 0. The average molecular weight is 400 g/mol. The normalized spacial score (nSPS) is 11.5. The first-order valence-electron chi connectivity index (χ1n) is 7.34. The van der Waals surface area contributed by atoms with Crippen LogP contribution in [0, 0.1) is 6.92 Å². The van der Waals surface area contributed by atoms with Crippen molar-refractivity contribution < 1.29 is 17.9 Å². The van der Waals surface area contributed by atoms with Gasteiger partial charge in [0, 0.05) is 18.0 Å². The molecule has 0 amide bonds. The predicted molar refractivity (Wildman–Crippen MR) is 99.6 cm³/mol. The maximum Gasteiger partial charge on any atom is 0.338 e. The second-order valence-corrected chi connectivity index (χ2v) is 8.92. The Morgan fingerprint density at radius 3 is 2.64 bits per heavy atom. The molecular formula is C17H18ClNO4S2. The summed E-state index contributed by atoms with van der Waals surface area (Å²) in [5.74, 6) is -0.574. The molecule has 5 nitrogen and oxygen atoms in total. The maximum absolute atomic E-state index is 13.1. The van der Waals surface area contributed by atoms with Crippen molar-refractivity contribution in [2.24, 2.45) is 0 Å². The number of carbonyl (C=O) groups is 1. The molecule has 0 aliphatic heterocycles. The van der Waals surface area contributed by atoms with Crippen LogP contribution in [-0.2, 0) is 21.3 Å². The summed E-state index contributed by atoms with van der Waals surface area (Å²) in [6, 6.07) is 8.06. The molecule has 0 saturated carbocycles. The van der Waals surface area contributed by atoms with Gasteiger partial charge in [0.15, 0.2) is 0 Å². The molecule has 0 aliphatic carbocycles. The van der Waals surface area contributed by atoms with E-state index in [4.69, 9.17) is 16.3 Å². The zero-order valence-corrected chi connectivity index (χ0v) is 16.2. The summed E-state index contributed by atoms with van der Waals surface area (Å²) >= 11 is 7.25. The van der Waals surface area contributed by atoms with Crippen molar-refractivity contribution in [3.05, 3.63) is 63.3 Å². The molecule has 0 aliphatic rings. The Kier molecular flexibility index (Phi) is 6.40. The highest BCUT2D eigenvalue weighted by Gasteiger charge is 2.27. The van der Waals surface area contributed by atoms with Crippen molar-refractivity contribution in [3.8, 4) is 0 Å². The number of halogens is 1. The second-order valence-electron chi connectivity index (χ2n) is 5.21. The minimum Gasteiger partial charge on any atom is -0.465 e. The van der Waals surface area contributed by atoms with Crippen LogP contribution in [0.25, 0.3) is 0 Å². The van der Waals surface area contributed by atoms with Crippen LogP contribution in [0.15, 0.2) is 47.9 Å². The number of hydrogen-bond donors (Lipinski definition) is 0. The number of ether oxygens (including phenoxy) is 1. The minimum atomic E-state index is -3.83. The number of esters is 1. The van der Waals surface area contributed by atoms with Gasteiger partial charge in [-0.2, -0.15) is 4.31 Å². The van der Waals surface area contributed by atoms with E-state index < -0.39 is 16.0 Å². The first kappa shape index (κ1) is 19.7. The molecule has 0 fully saturated rings. The third-order valence-corrected chi connectivity index (χ3v) is 6.77. The van der Waals surface area contributed by atoms with Crippen LogP contribution >= 0.6 is 22.9 Å². The van der Waals surface area contributed by atoms with Crippen LogP contribution < -0.4 is 0 Å². The van der Waals surface area contributed by atoms with Gasteiger partial charge in [-0.3, -0.25) is 0 Å². The molecule has 0 bridgehead atoms. The minimum absolute atomic E-state index is 0.0694. The van der Waals surface area contributed by atoms with Crippen LogP contribution in [0.5, 0.6) is 0 Å². The Bertz CT molecular complexity index is 890. The molecule has 1 aromatic heterocycles. The largest absolute Gasteiger partial charge is 0.465 e. The molecule has 8 heteroatoms. The van der Waals surface area contributed by atoms with E-state index in [9.17, 15) is 13.2 Å². The molecular weight excluding hydrogens is 382 g/mol. The molecule has 2 aromatic rings. The number of sulfonamides is 1. The van der Waals surface area contributed by atoms with E-state index in [0.29, 0.717) is 9.90 Å². The van der Waals surface area contributed by atoms with Crippen molar-refractivity contribution in [2.45, 2.75) is 18.4 Å². The van der Waals surface area contributed by atoms with Crippen LogP contribution in [0.3, 0.4) is 0 Å². The molecule has 134 valence electrons. The number of rotatable bonds is 7. The van der Waals surface area contributed by atoms with Crippen molar-refractivity contribution in [2.75, 3.05) is 13.7 Å². The van der Waals surface area contributed by atoms with Gasteiger partial charge in [-0.15, -0.1) is 17.9 Å². The van der Waals surface area contributed by atoms with Crippen LogP contribution in [-0.4, -0.2) is 32.3 Å². The van der Waals surface area contributed by atoms with E-state index in [1.165, 1.54) is 47.0 Å². The van der Waals surface area contributed by atoms with Gasteiger partial charge in [0.05, 0.1) is 21.9 Å². The lowest BCUT2D eigenvalue weighted by Crippen LogP contribution is -2.31. The Morgan fingerprint density at radius 2 is 2.08 bits per heavy atom. The van der Waals surface area contributed by atoms with E-state index in [1.54, 1.807) is 19.1 Å². The molecule has 1 heterocycles. The SMILES string of the molecule is C=CCN(Cc1ccc(Cl)s1)S(=O)(=O)c1cccc(C(=O)OC)c1C. The highest BCUT2D eigenvalue weighted by Crippen LogP contribution is 2.27. The molecule has 0 unspecified atom stereocenters. The fourth-order valence-electron chi connectivity index (χ4n) is 2.37. The third-order valence-electron chi connectivity index (χ3n) is 3.60. The van der Waals surface area contributed by atoms with Gasteiger partial charge in [-0.1, -0.05) is 23.7 Å². The lowest BCUT2D eigenvalue weighted by Gasteiger charge is -2.22. The van der Waals surface area contributed by atoms with E-state index in [2.05, 4.69) is 6.58 Å². The number of methoxy groups -OCH3 is 1. The van der Waals surface area contributed by atoms with Gasteiger partial charge in [-0.25, -0.2) is 13.2 Å². The number of benzene rings is 1. The van der Waals surface area contributed by atoms with Gasteiger partial charge < -0.3 is 4.74 Å². The van der Waals surface area contributed by atoms with Gasteiger partial charge in [0.1, 0.15) is 0 Å². The fraction of sp³-hybridized carbons (Fsp3) is 0.235. The molecule has 1 aromatic carbocycles. The van der Waals surface area contributed by atoms with E-state index in [1.807, 2.05) is 0 Å². The maximum atomic E-state index is 13.1. The Morgan fingerprint density at radius 1 is 1.36 bits per heavy atom. The lowest BCUT2D eigenvalue weighted by molar-refractivity contribution is 0.0599. The number of thiophene rings is 1. The summed E-state index contributed by atoms with van der Waals surface area (Å²) in [6.45, 7) is 5.54. The molecule has 0 spiro atoms. The molecule has 0 saturated heterocycles. The summed E-state index contributed by atoms with van der Waals surface area (Å²) < 4.78 is 32.8. The van der Waals surface area contributed by atoms with Gasteiger partial charge in [-0.05, 0) is 36.8 Å². The topological polar surface area (TPSA) is 63.7 Å². The molecule has 2 rings (SSSR count). The van der Waals surface area contributed by atoms with Crippen molar-refractivity contribution in [3.63, 3.8) is 0 Å². The lowest BCUT2D eigenvalue weighted by atomic mass is 10.1.